The molecule has 0 heterocycles. The molecule has 0 amide bonds. The van der Waals surface area contributed by atoms with E-state index in [1.54, 1.807) is 0 Å². The number of hydrogen-bond donors (Lipinski definition) is 1. The molecule has 1 heteroatoms. The van der Waals surface area contributed by atoms with E-state index in [-0.39, 0.29) is 0 Å². The molecule has 0 radical (unpaired) electrons. The first kappa shape index (κ1) is 16.0. The lowest BCUT2D eigenvalue weighted by atomic mass is 9.72. The second-order valence-corrected chi connectivity index (χ2v) is 7.05. The molecule has 0 saturated heterocycles. The standard InChI is InChI=1S/C15H33N/c1-8-11-16-12-15(7,13(2)3)10-9-14(4,5)6/h13,16H,8-12H2,1-7H3. The summed E-state index contributed by atoms with van der Waals surface area (Å²) in [5, 5.41) is 3.59. The van der Waals surface area contributed by atoms with E-state index in [1.165, 1.54) is 19.3 Å². The van der Waals surface area contributed by atoms with Gasteiger partial charge in [0.2, 0.25) is 0 Å². The molecule has 0 rings (SSSR count). The van der Waals surface area contributed by atoms with Crippen molar-refractivity contribution in [3.05, 3.63) is 0 Å². The fourth-order valence-corrected chi connectivity index (χ4v) is 1.79. The van der Waals surface area contributed by atoms with Crippen LogP contribution in [0.25, 0.3) is 0 Å². The van der Waals surface area contributed by atoms with E-state index < -0.39 is 0 Å². The molecule has 1 unspecified atom stereocenters. The van der Waals surface area contributed by atoms with Gasteiger partial charge in [0.25, 0.3) is 0 Å². The van der Waals surface area contributed by atoms with Crippen LogP contribution in [0, 0.1) is 16.7 Å². The Labute approximate surface area is 103 Å². The lowest BCUT2D eigenvalue weighted by molar-refractivity contribution is 0.161. The zero-order valence-corrected chi connectivity index (χ0v) is 12.6. The molecule has 16 heavy (non-hydrogen) atoms. The SMILES string of the molecule is CCCNCC(C)(CCC(C)(C)C)C(C)C. The molecular formula is C15H33N. The smallest absolute Gasteiger partial charge is 0.000761 e. The molecule has 1 atom stereocenters. The van der Waals surface area contributed by atoms with E-state index in [4.69, 9.17) is 0 Å². The second kappa shape index (κ2) is 6.64. The maximum Gasteiger partial charge on any atom is 0.000761 e. The van der Waals surface area contributed by atoms with Crippen molar-refractivity contribution in [3.63, 3.8) is 0 Å². The molecule has 0 aromatic carbocycles. The van der Waals surface area contributed by atoms with Crippen molar-refractivity contribution in [2.75, 3.05) is 13.1 Å². The van der Waals surface area contributed by atoms with Gasteiger partial charge >= 0.3 is 0 Å². The van der Waals surface area contributed by atoms with E-state index in [1.807, 2.05) is 0 Å². The summed E-state index contributed by atoms with van der Waals surface area (Å²) in [6.07, 6.45) is 3.87. The predicted molar refractivity (Wildman–Crippen MR) is 74.8 cm³/mol. The first-order valence-electron chi connectivity index (χ1n) is 6.92. The Kier molecular flexibility index (Phi) is 6.62. The summed E-state index contributed by atoms with van der Waals surface area (Å²) in [4.78, 5) is 0. The van der Waals surface area contributed by atoms with Gasteiger partial charge in [-0.05, 0) is 42.6 Å². The van der Waals surface area contributed by atoms with E-state index in [0.29, 0.717) is 10.8 Å². The van der Waals surface area contributed by atoms with Crippen LogP contribution in [0.2, 0.25) is 0 Å². The molecule has 0 spiro atoms. The van der Waals surface area contributed by atoms with Gasteiger partial charge in [0.1, 0.15) is 0 Å². The first-order chi connectivity index (χ1) is 7.21. The van der Waals surface area contributed by atoms with E-state index >= 15 is 0 Å². The van der Waals surface area contributed by atoms with Gasteiger partial charge in [0.15, 0.2) is 0 Å². The zero-order chi connectivity index (χ0) is 12.8. The van der Waals surface area contributed by atoms with Crippen LogP contribution >= 0.6 is 0 Å². The quantitative estimate of drug-likeness (QED) is 0.633. The topological polar surface area (TPSA) is 12.0 Å². The lowest BCUT2D eigenvalue weighted by Gasteiger charge is -2.36. The number of rotatable bonds is 7. The van der Waals surface area contributed by atoms with Gasteiger partial charge in [-0.15, -0.1) is 0 Å². The minimum Gasteiger partial charge on any atom is -0.316 e. The van der Waals surface area contributed by atoms with Crippen LogP contribution < -0.4 is 5.32 Å². The third-order valence-corrected chi connectivity index (χ3v) is 3.80. The number of hydrogen-bond acceptors (Lipinski definition) is 1. The Morgan fingerprint density at radius 3 is 1.94 bits per heavy atom. The van der Waals surface area contributed by atoms with Gasteiger partial charge in [-0.3, -0.25) is 0 Å². The van der Waals surface area contributed by atoms with Crippen molar-refractivity contribution in [2.24, 2.45) is 16.7 Å². The Morgan fingerprint density at radius 1 is 1.00 bits per heavy atom. The molecule has 0 aromatic rings. The third-order valence-electron chi connectivity index (χ3n) is 3.80. The molecule has 0 aliphatic heterocycles. The van der Waals surface area contributed by atoms with Crippen LogP contribution in [0.1, 0.15) is 67.7 Å². The van der Waals surface area contributed by atoms with Crippen molar-refractivity contribution in [3.8, 4) is 0 Å². The Balaban J connectivity index is 4.22. The van der Waals surface area contributed by atoms with Crippen LogP contribution in [0.15, 0.2) is 0 Å². The molecule has 1 N–H and O–H groups in total. The average Bonchev–Trinajstić information content (AvgIpc) is 2.14. The van der Waals surface area contributed by atoms with Crippen LogP contribution in [0.4, 0.5) is 0 Å². The van der Waals surface area contributed by atoms with Crippen LogP contribution in [-0.4, -0.2) is 13.1 Å². The monoisotopic (exact) mass is 227 g/mol. The van der Waals surface area contributed by atoms with E-state index in [0.717, 1.165) is 19.0 Å². The second-order valence-electron chi connectivity index (χ2n) is 7.05. The van der Waals surface area contributed by atoms with Crippen LogP contribution in [0.5, 0.6) is 0 Å². The normalized spacial score (nSPS) is 16.5. The van der Waals surface area contributed by atoms with Gasteiger partial charge in [-0.2, -0.15) is 0 Å². The van der Waals surface area contributed by atoms with Crippen molar-refractivity contribution in [2.45, 2.75) is 67.7 Å². The minimum atomic E-state index is 0.447. The fraction of sp³-hybridized carbons (Fsp3) is 1.00. The molecule has 0 fully saturated rings. The van der Waals surface area contributed by atoms with Crippen LogP contribution in [-0.2, 0) is 0 Å². The maximum atomic E-state index is 3.59. The largest absolute Gasteiger partial charge is 0.316 e. The Morgan fingerprint density at radius 2 is 1.56 bits per heavy atom. The predicted octanol–water partition coefficient (Wildman–Crippen LogP) is 4.47. The van der Waals surface area contributed by atoms with Gasteiger partial charge in [0, 0.05) is 6.54 Å². The van der Waals surface area contributed by atoms with Crippen molar-refractivity contribution >= 4 is 0 Å². The molecule has 1 nitrogen and oxygen atoms in total. The van der Waals surface area contributed by atoms with E-state index in [2.05, 4.69) is 53.8 Å². The van der Waals surface area contributed by atoms with Crippen molar-refractivity contribution < 1.29 is 0 Å². The van der Waals surface area contributed by atoms with Crippen molar-refractivity contribution in [1.29, 1.82) is 0 Å². The first-order valence-corrected chi connectivity index (χ1v) is 6.92. The maximum absolute atomic E-state index is 3.59. The minimum absolute atomic E-state index is 0.447. The van der Waals surface area contributed by atoms with Gasteiger partial charge in [-0.25, -0.2) is 0 Å². The number of nitrogens with one attached hydrogen (secondary N) is 1. The highest BCUT2D eigenvalue weighted by atomic mass is 14.9. The highest BCUT2D eigenvalue weighted by Gasteiger charge is 2.29. The summed E-state index contributed by atoms with van der Waals surface area (Å²) in [7, 11) is 0. The lowest BCUT2D eigenvalue weighted by Crippen LogP contribution is -2.37. The average molecular weight is 227 g/mol. The Hall–Kier alpha value is -0.0400. The fourth-order valence-electron chi connectivity index (χ4n) is 1.79. The van der Waals surface area contributed by atoms with Gasteiger partial charge in [-0.1, -0.05) is 48.5 Å². The van der Waals surface area contributed by atoms with Gasteiger partial charge in [0.05, 0.1) is 0 Å². The van der Waals surface area contributed by atoms with Gasteiger partial charge < -0.3 is 5.32 Å². The van der Waals surface area contributed by atoms with Crippen LogP contribution in [0.3, 0.4) is 0 Å². The summed E-state index contributed by atoms with van der Waals surface area (Å²) < 4.78 is 0. The summed E-state index contributed by atoms with van der Waals surface area (Å²) in [6.45, 7) is 18.7. The molecule has 0 saturated carbocycles. The zero-order valence-electron chi connectivity index (χ0n) is 12.6. The van der Waals surface area contributed by atoms with Crippen molar-refractivity contribution in [1.82, 2.24) is 5.32 Å². The molecule has 0 bridgehead atoms. The highest BCUT2D eigenvalue weighted by Crippen LogP contribution is 2.35. The molecular weight excluding hydrogens is 194 g/mol. The Bertz CT molecular complexity index is 178. The highest BCUT2D eigenvalue weighted by molar-refractivity contribution is 4.82. The molecule has 98 valence electrons. The summed E-state index contributed by atoms with van der Waals surface area (Å²) in [6, 6.07) is 0. The molecule has 0 aliphatic rings. The van der Waals surface area contributed by atoms with E-state index in [9.17, 15) is 0 Å². The summed E-state index contributed by atoms with van der Waals surface area (Å²) in [5.41, 5.74) is 0.906. The molecule has 0 aromatic heterocycles. The molecule has 0 aliphatic carbocycles. The summed E-state index contributed by atoms with van der Waals surface area (Å²) in [5.74, 6) is 0.749. The third kappa shape index (κ3) is 6.52. The summed E-state index contributed by atoms with van der Waals surface area (Å²) >= 11 is 0.